The van der Waals surface area contributed by atoms with E-state index < -0.39 is 0 Å². The van der Waals surface area contributed by atoms with Gasteiger partial charge in [0.05, 0.1) is 6.07 Å². The molecule has 1 rings (SSSR count). The van der Waals surface area contributed by atoms with E-state index in [0.717, 1.165) is 44.6 Å². The van der Waals surface area contributed by atoms with Crippen LogP contribution in [0, 0.1) is 11.3 Å². The lowest BCUT2D eigenvalue weighted by Gasteiger charge is -2.18. The molecule has 0 aromatic heterocycles. The average Bonchev–Trinajstić information content (AvgIpc) is 2.51. The van der Waals surface area contributed by atoms with Crippen LogP contribution in [0.2, 0.25) is 0 Å². The molecule has 0 spiro atoms. The fourth-order valence-corrected chi connectivity index (χ4v) is 2.27. The van der Waals surface area contributed by atoms with E-state index in [-0.39, 0.29) is 6.04 Å². The molecule has 20 heavy (non-hydrogen) atoms. The Labute approximate surface area is 123 Å². The van der Waals surface area contributed by atoms with Gasteiger partial charge in [0.15, 0.2) is 0 Å². The van der Waals surface area contributed by atoms with Crippen molar-refractivity contribution in [2.75, 3.05) is 26.2 Å². The largest absolute Gasteiger partial charge is 0.304 e. The number of aryl methyl sites for hydroxylation is 1. The van der Waals surface area contributed by atoms with Gasteiger partial charge in [-0.2, -0.15) is 5.26 Å². The molecule has 0 saturated carbocycles. The number of nitrogens with zero attached hydrogens (tertiary/aromatic N) is 2. The van der Waals surface area contributed by atoms with Crippen LogP contribution in [0.1, 0.15) is 44.4 Å². The van der Waals surface area contributed by atoms with Gasteiger partial charge in [0.1, 0.15) is 6.04 Å². The van der Waals surface area contributed by atoms with Crippen LogP contribution in [0.25, 0.3) is 0 Å². The van der Waals surface area contributed by atoms with Crippen LogP contribution in [0.3, 0.4) is 0 Å². The minimum atomic E-state index is -0.197. The maximum atomic E-state index is 9.28. The maximum absolute atomic E-state index is 9.28. The summed E-state index contributed by atoms with van der Waals surface area (Å²) >= 11 is 0. The van der Waals surface area contributed by atoms with E-state index in [1.165, 1.54) is 5.56 Å². The molecule has 0 aliphatic carbocycles. The van der Waals surface area contributed by atoms with Crippen LogP contribution in [0.15, 0.2) is 24.3 Å². The molecule has 1 aromatic rings. The van der Waals surface area contributed by atoms with Crippen molar-refractivity contribution in [1.82, 2.24) is 10.2 Å². The molecule has 0 aliphatic heterocycles. The van der Waals surface area contributed by atoms with Crippen molar-refractivity contribution < 1.29 is 0 Å². The third-order valence-electron chi connectivity index (χ3n) is 3.74. The lowest BCUT2D eigenvalue weighted by molar-refractivity contribution is 0.297. The van der Waals surface area contributed by atoms with E-state index >= 15 is 0 Å². The van der Waals surface area contributed by atoms with Gasteiger partial charge in [-0.05, 0) is 50.1 Å². The number of benzene rings is 1. The first-order valence-electron chi connectivity index (χ1n) is 7.69. The molecule has 1 atom stereocenters. The molecule has 1 N–H and O–H groups in total. The predicted octanol–water partition coefficient (Wildman–Crippen LogP) is 3.14. The normalized spacial score (nSPS) is 12.3. The molecular weight excluding hydrogens is 246 g/mol. The summed E-state index contributed by atoms with van der Waals surface area (Å²) in [5.41, 5.74) is 2.37. The molecule has 3 heteroatoms. The number of nitrogens with one attached hydrogen (secondary N) is 1. The highest BCUT2D eigenvalue weighted by Gasteiger charge is 2.09. The van der Waals surface area contributed by atoms with Crippen molar-refractivity contribution in [3.8, 4) is 6.07 Å². The molecule has 0 amide bonds. The van der Waals surface area contributed by atoms with Gasteiger partial charge in [-0.15, -0.1) is 0 Å². The van der Waals surface area contributed by atoms with Gasteiger partial charge in [-0.3, -0.25) is 5.32 Å². The second-order valence-electron chi connectivity index (χ2n) is 4.99. The highest BCUT2D eigenvalue weighted by molar-refractivity contribution is 5.28. The standard InChI is InChI=1S/C17H27N3/c1-4-15-8-10-16(11-9-15)17(14-18)19-12-7-13-20(5-2)6-3/h8-11,17,19H,4-7,12-13H2,1-3H3. The predicted molar refractivity (Wildman–Crippen MR) is 84.6 cm³/mol. The highest BCUT2D eigenvalue weighted by atomic mass is 15.1. The molecule has 110 valence electrons. The van der Waals surface area contributed by atoms with Crippen LogP contribution in [0.4, 0.5) is 0 Å². The van der Waals surface area contributed by atoms with Gasteiger partial charge >= 0.3 is 0 Å². The zero-order chi connectivity index (χ0) is 14.8. The lowest BCUT2D eigenvalue weighted by atomic mass is 10.0. The van der Waals surface area contributed by atoms with Crippen LogP contribution < -0.4 is 5.32 Å². The zero-order valence-corrected chi connectivity index (χ0v) is 13.0. The first kappa shape index (κ1) is 16.7. The number of hydrogen-bond donors (Lipinski definition) is 1. The Morgan fingerprint density at radius 1 is 1.15 bits per heavy atom. The second-order valence-corrected chi connectivity index (χ2v) is 4.99. The molecule has 0 bridgehead atoms. The quantitative estimate of drug-likeness (QED) is 0.703. The molecular formula is C17H27N3. The average molecular weight is 273 g/mol. The van der Waals surface area contributed by atoms with Gasteiger partial charge in [-0.25, -0.2) is 0 Å². The van der Waals surface area contributed by atoms with Crippen molar-refractivity contribution in [3.63, 3.8) is 0 Å². The topological polar surface area (TPSA) is 39.1 Å². The van der Waals surface area contributed by atoms with Gasteiger partial charge in [-0.1, -0.05) is 45.0 Å². The second kappa shape index (κ2) is 9.52. The van der Waals surface area contributed by atoms with Gasteiger partial charge in [0.2, 0.25) is 0 Å². The van der Waals surface area contributed by atoms with E-state index in [1.54, 1.807) is 0 Å². The van der Waals surface area contributed by atoms with Gasteiger partial charge in [0, 0.05) is 0 Å². The SMILES string of the molecule is CCc1ccc(C(C#N)NCCCN(CC)CC)cc1. The Kier molecular flexibility index (Phi) is 7.94. The highest BCUT2D eigenvalue weighted by Crippen LogP contribution is 2.13. The lowest BCUT2D eigenvalue weighted by Crippen LogP contribution is -2.28. The molecule has 0 radical (unpaired) electrons. The molecule has 3 nitrogen and oxygen atoms in total. The fourth-order valence-electron chi connectivity index (χ4n) is 2.27. The Bertz CT molecular complexity index is 401. The van der Waals surface area contributed by atoms with Crippen molar-refractivity contribution in [3.05, 3.63) is 35.4 Å². The summed E-state index contributed by atoms with van der Waals surface area (Å²) in [6.45, 7) is 10.7. The van der Waals surface area contributed by atoms with E-state index in [4.69, 9.17) is 0 Å². The van der Waals surface area contributed by atoms with Crippen LogP contribution in [-0.4, -0.2) is 31.1 Å². The first-order valence-corrected chi connectivity index (χ1v) is 7.69. The molecule has 0 saturated heterocycles. The third-order valence-corrected chi connectivity index (χ3v) is 3.74. The summed E-state index contributed by atoms with van der Waals surface area (Å²) in [5.74, 6) is 0. The Morgan fingerprint density at radius 3 is 2.30 bits per heavy atom. The van der Waals surface area contributed by atoms with E-state index in [9.17, 15) is 5.26 Å². The van der Waals surface area contributed by atoms with Crippen molar-refractivity contribution in [2.45, 2.75) is 39.7 Å². The number of hydrogen-bond acceptors (Lipinski definition) is 3. The Balaban J connectivity index is 2.41. The van der Waals surface area contributed by atoms with Gasteiger partial charge in [0.25, 0.3) is 0 Å². The van der Waals surface area contributed by atoms with Crippen LogP contribution >= 0.6 is 0 Å². The van der Waals surface area contributed by atoms with Crippen molar-refractivity contribution in [2.24, 2.45) is 0 Å². The Morgan fingerprint density at radius 2 is 1.80 bits per heavy atom. The summed E-state index contributed by atoms with van der Waals surface area (Å²) < 4.78 is 0. The van der Waals surface area contributed by atoms with Gasteiger partial charge < -0.3 is 4.90 Å². The minimum Gasteiger partial charge on any atom is -0.304 e. The zero-order valence-electron chi connectivity index (χ0n) is 13.0. The van der Waals surface area contributed by atoms with Crippen molar-refractivity contribution in [1.29, 1.82) is 5.26 Å². The summed E-state index contributed by atoms with van der Waals surface area (Å²) in [6, 6.07) is 10.5. The first-order chi connectivity index (χ1) is 9.74. The number of nitriles is 1. The third kappa shape index (κ3) is 5.32. The van der Waals surface area contributed by atoms with Crippen LogP contribution in [-0.2, 0) is 6.42 Å². The Hall–Kier alpha value is -1.37. The molecule has 0 fully saturated rings. The summed E-state index contributed by atoms with van der Waals surface area (Å²) in [7, 11) is 0. The minimum absolute atomic E-state index is 0.197. The smallest absolute Gasteiger partial charge is 0.121 e. The van der Waals surface area contributed by atoms with Crippen molar-refractivity contribution >= 4 is 0 Å². The van der Waals surface area contributed by atoms with E-state index in [0.29, 0.717) is 0 Å². The van der Waals surface area contributed by atoms with Crippen LogP contribution in [0.5, 0.6) is 0 Å². The molecule has 0 heterocycles. The fraction of sp³-hybridized carbons (Fsp3) is 0.588. The summed E-state index contributed by atoms with van der Waals surface area (Å²) in [5, 5.41) is 12.6. The molecule has 1 unspecified atom stereocenters. The molecule has 1 aromatic carbocycles. The van der Waals surface area contributed by atoms with E-state index in [2.05, 4.69) is 61.3 Å². The number of rotatable bonds is 9. The molecule has 0 aliphatic rings. The van der Waals surface area contributed by atoms with E-state index in [1.807, 2.05) is 0 Å². The monoisotopic (exact) mass is 273 g/mol. The maximum Gasteiger partial charge on any atom is 0.121 e. The summed E-state index contributed by atoms with van der Waals surface area (Å²) in [4.78, 5) is 2.40. The summed E-state index contributed by atoms with van der Waals surface area (Å²) in [6.07, 6.45) is 2.11.